The van der Waals surface area contributed by atoms with E-state index in [4.69, 9.17) is 9.47 Å². The topological polar surface area (TPSA) is 30.5 Å². The first-order chi connectivity index (χ1) is 5.00. The Morgan fingerprint density at radius 2 is 2.27 bits per heavy atom. The highest BCUT2D eigenvalue weighted by molar-refractivity contribution is 7.98. The van der Waals surface area contributed by atoms with Gasteiger partial charge >= 0.3 is 0 Å². The smallest absolute Gasteiger partial charge is 0.135 e. The van der Waals surface area contributed by atoms with E-state index in [1.807, 2.05) is 0 Å². The lowest BCUT2D eigenvalue weighted by Crippen LogP contribution is -2.14. The summed E-state index contributed by atoms with van der Waals surface area (Å²) in [5, 5.41) is 3.02. The molecule has 0 amide bonds. The Morgan fingerprint density at radius 1 is 1.36 bits per heavy atom. The second kappa shape index (κ2) is 8.04. The summed E-state index contributed by atoms with van der Waals surface area (Å²) in [5.41, 5.74) is 0. The zero-order valence-electron chi connectivity index (χ0n) is 6.12. The molecule has 0 saturated carbocycles. The average molecular weight is 198 g/mol. The third-order valence-electron chi connectivity index (χ3n) is 0.991. The summed E-state index contributed by atoms with van der Waals surface area (Å²) in [6, 6.07) is 0. The Balaban J connectivity index is 0.000001000. The van der Waals surface area contributed by atoms with Crippen molar-refractivity contribution in [1.82, 2.24) is 5.32 Å². The van der Waals surface area contributed by atoms with Gasteiger partial charge in [0.1, 0.15) is 5.94 Å². The number of ether oxygens (including phenoxy) is 2. The Morgan fingerprint density at radius 3 is 3.18 bits per heavy atom. The Hall–Kier alpha value is -0.0600. The van der Waals surface area contributed by atoms with E-state index in [9.17, 15) is 0 Å². The maximum atomic E-state index is 5.20. The first-order valence-electron chi connectivity index (χ1n) is 3.15. The monoisotopic (exact) mass is 197 g/mol. The van der Waals surface area contributed by atoms with Gasteiger partial charge in [0.25, 0.3) is 0 Å². The lowest BCUT2D eigenvalue weighted by Gasteiger charge is -2.06. The summed E-state index contributed by atoms with van der Waals surface area (Å²) >= 11 is 1.63. The molecule has 5 heteroatoms. The highest BCUT2D eigenvalue weighted by atomic mass is 35.5. The lowest BCUT2D eigenvalue weighted by atomic mass is 10.7. The lowest BCUT2D eigenvalue weighted by molar-refractivity contribution is 0.183. The molecule has 0 radical (unpaired) electrons. The molecule has 66 valence electrons. The third kappa shape index (κ3) is 6.34. The highest BCUT2D eigenvalue weighted by Gasteiger charge is 1.89. The van der Waals surface area contributed by atoms with Crippen molar-refractivity contribution in [2.75, 3.05) is 25.0 Å². The van der Waals surface area contributed by atoms with Crippen LogP contribution >= 0.6 is 24.2 Å². The van der Waals surface area contributed by atoms with E-state index in [-0.39, 0.29) is 12.4 Å². The van der Waals surface area contributed by atoms with Crippen molar-refractivity contribution in [3.63, 3.8) is 0 Å². The fourth-order valence-electron chi connectivity index (χ4n) is 0.550. The molecule has 0 atom stereocenters. The molecule has 1 aliphatic rings. The minimum Gasteiger partial charge on any atom is -0.489 e. The van der Waals surface area contributed by atoms with Gasteiger partial charge in [0.2, 0.25) is 0 Å². The molecule has 0 bridgehead atoms. The van der Waals surface area contributed by atoms with Crippen LogP contribution in [0.1, 0.15) is 0 Å². The predicted molar refractivity (Wildman–Crippen MR) is 48.8 cm³/mol. The molecule has 1 heterocycles. The SMILES string of the molecule is C1=COCSCOCCN1.Cl. The van der Waals surface area contributed by atoms with Crippen LogP contribution in [0.2, 0.25) is 0 Å². The number of rotatable bonds is 0. The van der Waals surface area contributed by atoms with Crippen molar-refractivity contribution in [2.45, 2.75) is 0 Å². The van der Waals surface area contributed by atoms with Gasteiger partial charge in [-0.25, -0.2) is 0 Å². The molecule has 1 rings (SSSR count). The predicted octanol–water partition coefficient (Wildman–Crippen LogP) is 1.16. The summed E-state index contributed by atoms with van der Waals surface area (Å²) in [6.45, 7) is 1.61. The maximum absolute atomic E-state index is 5.20. The van der Waals surface area contributed by atoms with E-state index in [0.29, 0.717) is 5.94 Å². The first-order valence-corrected chi connectivity index (χ1v) is 4.31. The molecule has 0 aliphatic carbocycles. The van der Waals surface area contributed by atoms with Gasteiger partial charge in [-0.15, -0.1) is 12.4 Å². The highest BCUT2D eigenvalue weighted by Crippen LogP contribution is 2.01. The minimum atomic E-state index is 0. The molecule has 11 heavy (non-hydrogen) atoms. The van der Waals surface area contributed by atoms with Crippen LogP contribution in [0.25, 0.3) is 0 Å². The van der Waals surface area contributed by atoms with Crippen molar-refractivity contribution in [3.05, 3.63) is 12.5 Å². The van der Waals surface area contributed by atoms with Gasteiger partial charge in [0.15, 0.2) is 0 Å². The maximum Gasteiger partial charge on any atom is 0.135 e. The van der Waals surface area contributed by atoms with E-state index in [1.165, 1.54) is 0 Å². The second-order valence-electron chi connectivity index (χ2n) is 1.77. The van der Waals surface area contributed by atoms with Gasteiger partial charge in [-0.2, -0.15) is 0 Å². The molecular weight excluding hydrogens is 186 g/mol. The molecule has 1 N–H and O–H groups in total. The molecule has 0 saturated heterocycles. The van der Waals surface area contributed by atoms with E-state index in [1.54, 1.807) is 24.2 Å². The number of hydrogen-bond acceptors (Lipinski definition) is 4. The molecule has 0 spiro atoms. The first kappa shape index (κ1) is 10.9. The van der Waals surface area contributed by atoms with Crippen molar-refractivity contribution < 1.29 is 9.47 Å². The van der Waals surface area contributed by atoms with Crippen LogP contribution in [0.3, 0.4) is 0 Å². The van der Waals surface area contributed by atoms with Gasteiger partial charge in [0.05, 0.1) is 18.8 Å². The van der Waals surface area contributed by atoms with Crippen molar-refractivity contribution >= 4 is 24.2 Å². The number of nitrogens with one attached hydrogen (secondary N) is 1. The van der Waals surface area contributed by atoms with Crippen molar-refractivity contribution in [1.29, 1.82) is 0 Å². The third-order valence-corrected chi connectivity index (χ3v) is 1.63. The Kier molecular flexibility index (Phi) is 8.00. The fraction of sp³-hybridized carbons (Fsp3) is 0.667. The van der Waals surface area contributed by atoms with Gasteiger partial charge < -0.3 is 14.8 Å². The largest absolute Gasteiger partial charge is 0.489 e. The van der Waals surface area contributed by atoms with Gasteiger partial charge in [0, 0.05) is 12.7 Å². The standard InChI is InChI=1S/C6H11NO2S.ClH/c1-3-8-5-10-6-9-4-2-7-1;/h1,3,7H,2,4-6H2;1H. The van der Waals surface area contributed by atoms with Crippen LogP contribution in [0, 0.1) is 0 Å². The van der Waals surface area contributed by atoms with Crippen molar-refractivity contribution in [3.8, 4) is 0 Å². The normalized spacial score (nSPS) is 18.9. The Bertz CT molecular complexity index is 101. The molecule has 0 aromatic rings. The molecular formula is C6H12ClNO2S. The van der Waals surface area contributed by atoms with Crippen LogP contribution in [0.15, 0.2) is 12.5 Å². The second-order valence-corrected chi connectivity index (χ2v) is 2.65. The summed E-state index contributed by atoms with van der Waals surface area (Å²) in [5.74, 6) is 1.38. The van der Waals surface area contributed by atoms with E-state index >= 15 is 0 Å². The summed E-state index contributed by atoms with van der Waals surface area (Å²) in [7, 11) is 0. The van der Waals surface area contributed by atoms with Crippen LogP contribution in [-0.4, -0.2) is 25.0 Å². The molecule has 0 unspecified atom stereocenters. The van der Waals surface area contributed by atoms with Gasteiger partial charge in [-0.1, -0.05) is 11.8 Å². The van der Waals surface area contributed by atoms with Crippen LogP contribution in [-0.2, 0) is 9.47 Å². The summed E-state index contributed by atoms with van der Waals surface area (Å²) in [4.78, 5) is 0. The van der Waals surface area contributed by atoms with E-state index in [0.717, 1.165) is 19.1 Å². The molecule has 0 fully saturated rings. The molecule has 0 aromatic carbocycles. The van der Waals surface area contributed by atoms with Crippen LogP contribution < -0.4 is 5.32 Å². The summed E-state index contributed by atoms with van der Waals surface area (Å²) in [6.07, 6.45) is 3.45. The summed E-state index contributed by atoms with van der Waals surface area (Å²) < 4.78 is 10.2. The minimum absolute atomic E-state index is 0. The van der Waals surface area contributed by atoms with E-state index < -0.39 is 0 Å². The molecule has 3 nitrogen and oxygen atoms in total. The number of hydrogen-bond donors (Lipinski definition) is 1. The van der Waals surface area contributed by atoms with Gasteiger partial charge in [-0.3, -0.25) is 0 Å². The fourth-order valence-corrected chi connectivity index (χ4v) is 1.03. The number of halogens is 1. The van der Waals surface area contributed by atoms with Crippen molar-refractivity contribution in [2.24, 2.45) is 0 Å². The van der Waals surface area contributed by atoms with Crippen LogP contribution in [0.5, 0.6) is 0 Å². The average Bonchev–Trinajstić information content (AvgIpc) is 2.01. The molecule has 1 aliphatic heterocycles. The Labute approximate surface area is 76.9 Å². The zero-order valence-corrected chi connectivity index (χ0v) is 7.75. The quantitative estimate of drug-likeness (QED) is 0.632. The zero-order chi connectivity index (χ0) is 7.07. The number of thioether (sulfide) groups is 1. The van der Waals surface area contributed by atoms with Crippen LogP contribution in [0.4, 0.5) is 0 Å². The molecule has 0 aromatic heterocycles. The van der Waals surface area contributed by atoms with Gasteiger partial charge in [-0.05, 0) is 0 Å². The van der Waals surface area contributed by atoms with E-state index in [2.05, 4.69) is 5.32 Å².